The molecule has 0 unspecified atom stereocenters. The normalized spacial score (nSPS) is 11.3. The smallest absolute Gasteiger partial charge is 0.179 e. The van der Waals surface area contributed by atoms with Gasteiger partial charge in [-0.05, 0) is 50.6 Å². The van der Waals surface area contributed by atoms with Crippen molar-refractivity contribution in [2.45, 2.75) is 0 Å². The van der Waals surface area contributed by atoms with Gasteiger partial charge in [0.2, 0.25) is 0 Å². The quantitative estimate of drug-likeness (QED) is 0.141. The first-order valence-electron chi connectivity index (χ1n) is 16.0. The molecule has 0 spiro atoms. The van der Waals surface area contributed by atoms with Crippen molar-refractivity contribution < 1.29 is 0 Å². The van der Waals surface area contributed by atoms with E-state index in [4.69, 9.17) is 0 Å². The summed E-state index contributed by atoms with van der Waals surface area (Å²) in [7, 11) is -2.81. The van der Waals surface area contributed by atoms with Crippen molar-refractivity contribution in [3.8, 4) is 29.0 Å². The molecule has 0 radical (unpaired) electrons. The zero-order chi connectivity index (χ0) is 32.5. The van der Waals surface area contributed by atoms with Crippen LogP contribution in [0.3, 0.4) is 0 Å². The van der Waals surface area contributed by atoms with Gasteiger partial charge in [0.25, 0.3) is 0 Å². The van der Waals surface area contributed by atoms with E-state index in [0.717, 1.165) is 32.9 Å². The summed E-state index contributed by atoms with van der Waals surface area (Å²) < 4.78 is 2.13. The number of aromatic nitrogens is 1. The second-order valence-corrected chi connectivity index (χ2v) is 15.7. The van der Waals surface area contributed by atoms with E-state index in [1.165, 1.54) is 20.7 Å². The highest BCUT2D eigenvalue weighted by molar-refractivity contribution is 7.19. The molecule has 1 aromatic heterocycles. The first kappa shape index (κ1) is 29.0. The summed E-state index contributed by atoms with van der Waals surface area (Å²) in [6.07, 6.45) is 0. The number of benzene rings is 7. The summed E-state index contributed by atoms with van der Waals surface area (Å²) in [6.45, 7) is 0. The molecule has 48 heavy (non-hydrogen) atoms. The van der Waals surface area contributed by atoms with Crippen LogP contribution in [0, 0.1) is 22.7 Å². The predicted molar refractivity (Wildman–Crippen MR) is 199 cm³/mol. The molecule has 0 saturated heterocycles. The van der Waals surface area contributed by atoms with Gasteiger partial charge in [0.1, 0.15) is 6.07 Å². The maximum absolute atomic E-state index is 10.9. The SMILES string of the molecule is N#Cc1cc(-c2cccc([Si](c3ccccc3)(c3ccccc3)c3ccccc3)c2)c(C#N)c(-n2c3ccccc3c3ccccc32)c1. The van der Waals surface area contributed by atoms with Gasteiger partial charge >= 0.3 is 0 Å². The first-order valence-corrected chi connectivity index (χ1v) is 18.0. The minimum absolute atomic E-state index is 0.504. The van der Waals surface area contributed by atoms with Crippen LogP contribution in [0.1, 0.15) is 11.1 Å². The van der Waals surface area contributed by atoms with Crippen molar-refractivity contribution in [3.05, 3.63) is 187 Å². The highest BCUT2D eigenvalue weighted by Gasteiger charge is 2.41. The van der Waals surface area contributed by atoms with E-state index in [1.807, 2.05) is 36.4 Å². The molecule has 0 atom stereocenters. The van der Waals surface area contributed by atoms with Crippen LogP contribution in [0.25, 0.3) is 38.6 Å². The van der Waals surface area contributed by atoms with Gasteiger partial charge in [0, 0.05) is 16.3 Å². The average molecular weight is 628 g/mol. The van der Waals surface area contributed by atoms with E-state index in [2.05, 4.69) is 156 Å². The van der Waals surface area contributed by atoms with E-state index in [1.54, 1.807) is 0 Å². The fourth-order valence-electron chi connectivity index (χ4n) is 7.38. The van der Waals surface area contributed by atoms with Crippen LogP contribution in [0.15, 0.2) is 176 Å². The topological polar surface area (TPSA) is 52.5 Å². The number of nitrogens with zero attached hydrogens (tertiary/aromatic N) is 3. The lowest BCUT2D eigenvalue weighted by Crippen LogP contribution is -2.74. The molecular formula is C44H29N3Si. The second kappa shape index (κ2) is 12.0. The van der Waals surface area contributed by atoms with Gasteiger partial charge in [-0.3, -0.25) is 0 Å². The Kier molecular flexibility index (Phi) is 7.27. The van der Waals surface area contributed by atoms with Crippen molar-refractivity contribution in [1.82, 2.24) is 4.57 Å². The summed E-state index contributed by atoms with van der Waals surface area (Å²) in [5.41, 5.74) is 5.37. The number of hydrogen-bond acceptors (Lipinski definition) is 2. The molecule has 0 amide bonds. The molecule has 0 bridgehead atoms. The van der Waals surface area contributed by atoms with Gasteiger partial charge < -0.3 is 4.57 Å². The zero-order valence-electron chi connectivity index (χ0n) is 26.1. The van der Waals surface area contributed by atoms with E-state index in [0.29, 0.717) is 16.8 Å². The highest BCUT2D eigenvalue weighted by atomic mass is 28.3. The first-order chi connectivity index (χ1) is 23.7. The van der Waals surface area contributed by atoms with Crippen molar-refractivity contribution in [2.24, 2.45) is 0 Å². The van der Waals surface area contributed by atoms with Crippen LogP contribution < -0.4 is 20.7 Å². The van der Waals surface area contributed by atoms with E-state index < -0.39 is 8.07 Å². The summed E-state index contributed by atoms with van der Waals surface area (Å²) >= 11 is 0. The number of rotatable bonds is 6. The Morgan fingerprint density at radius 3 is 1.42 bits per heavy atom. The average Bonchev–Trinajstić information content (AvgIpc) is 3.50. The molecule has 1 heterocycles. The van der Waals surface area contributed by atoms with Crippen LogP contribution in [-0.2, 0) is 0 Å². The van der Waals surface area contributed by atoms with Gasteiger partial charge in [-0.25, -0.2) is 0 Å². The minimum atomic E-state index is -2.81. The van der Waals surface area contributed by atoms with Crippen molar-refractivity contribution in [2.75, 3.05) is 0 Å². The van der Waals surface area contributed by atoms with Gasteiger partial charge in [-0.2, -0.15) is 10.5 Å². The zero-order valence-corrected chi connectivity index (χ0v) is 27.1. The number of para-hydroxylation sites is 2. The maximum atomic E-state index is 10.9. The van der Waals surface area contributed by atoms with Gasteiger partial charge in [-0.15, -0.1) is 0 Å². The minimum Gasteiger partial charge on any atom is -0.308 e. The fourth-order valence-corrected chi connectivity index (χ4v) is 12.2. The second-order valence-electron chi connectivity index (χ2n) is 11.9. The molecule has 7 aromatic carbocycles. The molecule has 0 saturated carbocycles. The van der Waals surface area contributed by atoms with Gasteiger partial charge in [-0.1, -0.05) is 152 Å². The van der Waals surface area contributed by atoms with Gasteiger partial charge in [0.15, 0.2) is 8.07 Å². The maximum Gasteiger partial charge on any atom is 0.179 e. The van der Waals surface area contributed by atoms with Crippen LogP contribution >= 0.6 is 0 Å². The highest BCUT2D eigenvalue weighted by Crippen LogP contribution is 2.36. The summed E-state index contributed by atoms with van der Waals surface area (Å²) in [5.74, 6) is 0. The molecular weight excluding hydrogens is 599 g/mol. The number of fused-ring (bicyclic) bond motifs is 3. The molecule has 3 nitrogen and oxygen atoms in total. The summed E-state index contributed by atoms with van der Waals surface area (Å²) in [6, 6.07) is 66.2. The molecule has 224 valence electrons. The van der Waals surface area contributed by atoms with Gasteiger partial charge in [0.05, 0.1) is 33.9 Å². The van der Waals surface area contributed by atoms with Crippen molar-refractivity contribution in [3.63, 3.8) is 0 Å². The largest absolute Gasteiger partial charge is 0.308 e. The molecule has 4 heteroatoms. The molecule has 0 fully saturated rings. The Labute approximate surface area is 280 Å². The molecule has 0 aliphatic rings. The fraction of sp³-hybridized carbons (Fsp3) is 0. The van der Waals surface area contributed by atoms with E-state index in [9.17, 15) is 10.5 Å². The van der Waals surface area contributed by atoms with Crippen LogP contribution in [0.5, 0.6) is 0 Å². The van der Waals surface area contributed by atoms with Crippen LogP contribution in [0.2, 0.25) is 0 Å². The lowest BCUT2D eigenvalue weighted by molar-refractivity contribution is 1.16. The Balaban J connectivity index is 1.43. The van der Waals surface area contributed by atoms with Crippen LogP contribution in [0.4, 0.5) is 0 Å². The van der Waals surface area contributed by atoms with E-state index >= 15 is 0 Å². The molecule has 0 aliphatic carbocycles. The third-order valence-electron chi connectivity index (χ3n) is 9.41. The monoisotopic (exact) mass is 627 g/mol. The lowest BCUT2D eigenvalue weighted by atomic mass is 9.96. The molecule has 0 aliphatic heterocycles. The predicted octanol–water partition coefficient (Wildman–Crippen LogP) is 7.57. The van der Waals surface area contributed by atoms with Crippen molar-refractivity contribution >= 4 is 50.6 Å². The Bertz CT molecular complexity index is 2370. The standard InChI is InChI=1S/C44H29N3Si/c45-30-32-27-40(41(31-46)44(28-32)47-42-25-12-10-23-38(42)39-24-11-13-26-43(39)47)33-15-14-22-37(29-33)48(34-16-4-1-5-17-34,35-18-6-2-7-19-35)36-20-8-3-9-21-36/h1-29H. The summed E-state index contributed by atoms with van der Waals surface area (Å²) in [5, 5.41) is 28.4. The lowest BCUT2D eigenvalue weighted by Gasteiger charge is -2.34. The Morgan fingerprint density at radius 2 is 0.917 bits per heavy atom. The van der Waals surface area contributed by atoms with E-state index in [-0.39, 0.29) is 0 Å². The molecule has 8 rings (SSSR count). The number of nitriles is 2. The Morgan fingerprint density at radius 1 is 0.438 bits per heavy atom. The van der Waals surface area contributed by atoms with Crippen LogP contribution in [-0.4, -0.2) is 12.6 Å². The summed E-state index contributed by atoms with van der Waals surface area (Å²) in [4.78, 5) is 0. The molecule has 8 aromatic rings. The molecule has 0 N–H and O–H groups in total. The third kappa shape index (κ3) is 4.55. The number of hydrogen-bond donors (Lipinski definition) is 0. The van der Waals surface area contributed by atoms with Crippen molar-refractivity contribution in [1.29, 1.82) is 10.5 Å². The Hall–Kier alpha value is -6.46. The third-order valence-corrected chi connectivity index (χ3v) is 14.2.